The van der Waals surface area contributed by atoms with Gasteiger partial charge in [0.1, 0.15) is 12.4 Å². The first kappa shape index (κ1) is 14.2. The molecule has 19 heavy (non-hydrogen) atoms. The Morgan fingerprint density at radius 2 is 1.89 bits per heavy atom. The summed E-state index contributed by atoms with van der Waals surface area (Å²) in [5.74, 6) is 1.61. The lowest BCUT2D eigenvalue weighted by Crippen LogP contribution is -2.22. The van der Waals surface area contributed by atoms with Crippen LogP contribution in [0, 0.1) is 5.92 Å². The van der Waals surface area contributed by atoms with Crippen LogP contribution >= 0.6 is 0 Å². The maximum absolute atomic E-state index is 5.53. The molecule has 0 aliphatic carbocycles. The summed E-state index contributed by atoms with van der Waals surface area (Å²) in [6, 6.07) is 8.09. The molecule has 0 bridgehead atoms. The van der Waals surface area contributed by atoms with Gasteiger partial charge < -0.3 is 19.5 Å². The molecule has 1 fully saturated rings. The van der Waals surface area contributed by atoms with Crippen LogP contribution in [0.3, 0.4) is 0 Å². The van der Waals surface area contributed by atoms with Crippen LogP contribution in [-0.4, -0.2) is 40.1 Å². The number of benzene rings is 1. The quantitative estimate of drug-likeness (QED) is 0.769. The normalized spacial score (nSPS) is 16.3. The van der Waals surface area contributed by atoms with Gasteiger partial charge in [-0.2, -0.15) is 0 Å². The van der Waals surface area contributed by atoms with E-state index in [0.29, 0.717) is 13.2 Å². The summed E-state index contributed by atoms with van der Waals surface area (Å²) in [6.07, 6.45) is 2.32. The van der Waals surface area contributed by atoms with E-state index in [2.05, 4.69) is 17.4 Å². The second-order valence-electron chi connectivity index (χ2n) is 4.80. The van der Waals surface area contributed by atoms with E-state index in [0.717, 1.165) is 50.0 Å². The van der Waals surface area contributed by atoms with E-state index in [4.69, 9.17) is 14.2 Å². The van der Waals surface area contributed by atoms with Gasteiger partial charge in [0, 0.05) is 32.6 Å². The molecule has 106 valence electrons. The lowest BCUT2D eigenvalue weighted by molar-refractivity contribution is 0.0699. The number of hydrogen-bond acceptors (Lipinski definition) is 4. The Kier molecular flexibility index (Phi) is 5.98. The average Bonchev–Trinajstić information content (AvgIpc) is 2.48. The summed E-state index contributed by atoms with van der Waals surface area (Å²) < 4.78 is 15.8. The summed E-state index contributed by atoms with van der Waals surface area (Å²) in [4.78, 5) is 0. The van der Waals surface area contributed by atoms with Crippen LogP contribution in [0.15, 0.2) is 24.3 Å². The molecule has 1 aromatic carbocycles. The molecule has 1 aliphatic heterocycles. The molecule has 0 aromatic heterocycles. The number of hydrogen-bond donors (Lipinski definition) is 1. The maximum Gasteiger partial charge on any atom is 0.119 e. The monoisotopic (exact) mass is 265 g/mol. The van der Waals surface area contributed by atoms with Crippen molar-refractivity contribution in [3.05, 3.63) is 24.3 Å². The van der Waals surface area contributed by atoms with Crippen LogP contribution in [0.2, 0.25) is 0 Å². The molecule has 0 unspecified atom stereocenters. The fourth-order valence-electron chi connectivity index (χ4n) is 2.12. The Morgan fingerprint density at radius 3 is 2.58 bits per heavy atom. The van der Waals surface area contributed by atoms with E-state index in [9.17, 15) is 0 Å². The summed E-state index contributed by atoms with van der Waals surface area (Å²) in [7, 11) is 1.67. The molecule has 1 saturated heterocycles. The summed E-state index contributed by atoms with van der Waals surface area (Å²) in [5, 5.41) is 3.47. The summed E-state index contributed by atoms with van der Waals surface area (Å²) in [5.41, 5.74) is 1.14. The molecule has 0 amide bonds. The molecule has 4 heteroatoms. The Morgan fingerprint density at radius 1 is 1.16 bits per heavy atom. The van der Waals surface area contributed by atoms with E-state index < -0.39 is 0 Å². The summed E-state index contributed by atoms with van der Waals surface area (Å²) in [6.45, 7) is 4.03. The third-order valence-electron chi connectivity index (χ3n) is 3.35. The zero-order valence-corrected chi connectivity index (χ0v) is 11.6. The van der Waals surface area contributed by atoms with Crippen molar-refractivity contribution >= 4 is 5.69 Å². The van der Waals surface area contributed by atoms with Crippen molar-refractivity contribution in [1.29, 1.82) is 0 Å². The predicted octanol–water partition coefficient (Wildman–Crippen LogP) is 2.55. The minimum Gasteiger partial charge on any atom is -0.491 e. The lowest BCUT2D eigenvalue weighted by Gasteiger charge is -2.22. The molecular weight excluding hydrogens is 242 g/mol. The molecule has 1 aromatic rings. The number of ether oxygens (including phenoxy) is 3. The van der Waals surface area contributed by atoms with Gasteiger partial charge in [-0.15, -0.1) is 0 Å². The highest BCUT2D eigenvalue weighted by Gasteiger charge is 2.12. The van der Waals surface area contributed by atoms with Gasteiger partial charge in [-0.3, -0.25) is 0 Å². The van der Waals surface area contributed by atoms with Crippen LogP contribution in [0.1, 0.15) is 12.8 Å². The second-order valence-corrected chi connectivity index (χ2v) is 4.80. The highest BCUT2D eigenvalue weighted by Crippen LogP contribution is 2.18. The fourth-order valence-corrected chi connectivity index (χ4v) is 2.12. The van der Waals surface area contributed by atoms with Crippen molar-refractivity contribution in [3.63, 3.8) is 0 Å². The molecule has 0 atom stereocenters. The average molecular weight is 265 g/mol. The van der Waals surface area contributed by atoms with Crippen LogP contribution in [0.5, 0.6) is 5.75 Å². The van der Waals surface area contributed by atoms with E-state index in [-0.39, 0.29) is 0 Å². The molecule has 1 heterocycles. The number of nitrogens with one attached hydrogen (secondary N) is 1. The molecule has 4 nitrogen and oxygen atoms in total. The fraction of sp³-hybridized carbons (Fsp3) is 0.600. The Labute approximate surface area is 115 Å². The number of anilines is 1. The van der Waals surface area contributed by atoms with Crippen molar-refractivity contribution in [1.82, 2.24) is 0 Å². The van der Waals surface area contributed by atoms with Crippen molar-refractivity contribution in [2.45, 2.75) is 12.8 Å². The van der Waals surface area contributed by atoms with Gasteiger partial charge in [0.25, 0.3) is 0 Å². The van der Waals surface area contributed by atoms with Gasteiger partial charge >= 0.3 is 0 Å². The van der Waals surface area contributed by atoms with Crippen LogP contribution in [-0.2, 0) is 9.47 Å². The molecule has 0 radical (unpaired) electrons. The topological polar surface area (TPSA) is 39.7 Å². The molecule has 1 N–H and O–H groups in total. The highest BCUT2D eigenvalue weighted by molar-refractivity contribution is 5.46. The third-order valence-corrected chi connectivity index (χ3v) is 3.35. The van der Waals surface area contributed by atoms with Crippen LogP contribution < -0.4 is 10.1 Å². The van der Waals surface area contributed by atoms with Gasteiger partial charge in [-0.1, -0.05) is 0 Å². The van der Waals surface area contributed by atoms with E-state index in [1.165, 1.54) is 0 Å². The van der Waals surface area contributed by atoms with Crippen LogP contribution in [0.25, 0.3) is 0 Å². The van der Waals surface area contributed by atoms with Gasteiger partial charge in [0.2, 0.25) is 0 Å². The van der Waals surface area contributed by atoms with Crippen molar-refractivity contribution in [2.75, 3.05) is 45.4 Å². The molecular formula is C15H23NO3. The van der Waals surface area contributed by atoms with Gasteiger partial charge in [0.15, 0.2) is 0 Å². The van der Waals surface area contributed by atoms with E-state index in [1.54, 1.807) is 7.11 Å². The minimum absolute atomic E-state index is 0.589. The molecule has 0 spiro atoms. The van der Waals surface area contributed by atoms with Gasteiger partial charge in [-0.25, -0.2) is 0 Å². The molecule has 0 saturated carbocycles. The predicted molar refractivity (Wildman–Crippen MR) is 75.8 cm³/mol. The van der Waals surface area contributed by atoms with E-state index >= 15 is 0 Å². The second kappa shape index (κ2) is 8.02. The molecule has 2 rings (SSSR count). The number of rotatable bonds is 7. The lowest BCUT2D eigenvalue weighted by atomic mass is 10.0. The van der Waals surface area contributed by atoms with Crippen molar-refractivity contribution in [3.8, 4) is 5.75 Å². The largest absolute Gasteiger partial charge is 0.491 e. The molecule has 1 aliphatic rings. The smallest absolute Gasteiger partial charge is 0.119 e. The SMILES string of the molecule is COCCOc1ccc(NCC2CCOCC2)cc1. The summed E-state index contributed by atoms with van der Waals surface area (Å²) >= 11 is 0. The first-order chi connectivity index (χ1) is 9.38. The first-order valence-electron chi connectivity index (χ1n) is 6.92. The number of methoxy groups -OCH3 is 1. The standard InChI is InChI=1S/C15H23NO3/c1-17-10-11-19-15-4-2-14(3-5-15)16-12-13-6-8-18-9-7-13/h2-5,13,16H,6-12H2,1H3. The minimum atomic E-state index is 0.589. The Balaban J connectivity index is 1.71. The first-order valence-corrected chi connectivity index (χ1v) is 6.92. The van der Waals surface area contributed by atoms with Gasteiger partial charge in [0.05, 0.1) is 6.61 Å². The maximum atomic E-state index is 5.53. The Hall–Kier alpha value is -1.26. The zero-order chi connectivity index (χ0) is 13.3. The zero-order valence-electron chi connectivity index (χ0n) is 11.6. The Bertz CT molecular complexity index is 347. The van der Waals surface area contributed by atoms with Crippen molar-refractivity contribution in [2.24, 2.45) is 5.92 Å². The third kappa shape index (κ3) is 5.09. The van der Waals surface area contributed by atoms with Crippen molar-refractivity contribution < 1.29 is 14.2 Å². The van der Waals surface area contributed by atoms with Crippen LogP contribution in [0.4, 0.5) is 5.69 Å². The highest BCUT2D eigenvalue weighted by atomic mass is 16.5. The van der Waals surface area contributed by atoms with E-state index in [1.807, 2.05) is 12.1 Å². The van der Waals surface area contributed by atoms with Gasteiger partial charge in [-0.05, 0) is 43.0 Å².